The van der Waals surface area contributed by atoms with Crippen LogP contribution in [0.5, 0.6) is 0 Å². The molecule has 0 saturated heterocycles. The molecule has 1 aromatic carbocycles. The number of benzene rings is 1. The third-order valence-corrected chi connectivity index (χ3v) is 7.70. The summed E-state index contributed by atoms with van der Waals surface area (Å²) in [6.45, 7) is 0. The van der Waals surface area contributed by atoms with Crippen molar-refractivity contribution in [3.63, 3.8) is 0 Å². The van der Waals surface area contributed by atoms with Crippen LogP contribution >= 0.6 is 50.6 Å². The second-order valence-electron chi connectivity index (χ2n) is 6.57. The van der Waals surface area contributed by atoms with E-state index in [1.807, 2.05) is 53.2 Å². The number of nitrogens with zero attached hydrogens (tertiary/aromatic N) is 2. The van der Waals surface area contributed by atoms with E-state index in [1.165, 1.54) is 11.8 Å². The van der Waals surface area contributed by atoms with E-state index >= 15 is 0 Å². The van der Waals surface area contributed by atoms with Gasteiger partial charge in [0.15, 0.2) is 0 Å². The number of pyridine rings is 1. The Morgan fingerprint density at radius 2 is 2.03 bits per heavy atom. The topological polar surface area (TPSA) is 53.4 Å². The zero-order valence-electron chi connectivity index (χ0n) is 15.3. The standard InChI is InChI=1S/C21H16BrClN2O2S2/c1-25-20(27)19(29-16-6-3-2-5-14(16)23)15(26)11-21(25,13-9-10-28-12-13)17-7-4-8-18(22)24-17/h2-10,12,26H,11H2,1H3. The molecule has 0 bridgehead atoms. The number of carbonyl (C=O) groups is 1. The lowest BCUT2D eigenvalue weighted by Crippen LogP contribution is -2.51. The minimum atomic E-state index is -0.893. The number of amides is 1. The first-order valence-electron chi connectivity index (χ1n) is 8.72. The van der Waals surface area contributed by atoms with Crippen molar-refractivity contribution in [1.29, 1.82) is 0 Å². The molecule has 1 unspecified atom stereocenters. The van der Waals surface area contributed by atoms with Gasteiger partial charge in [0, 0.05) is 18.4 Å². The first-order valence-corrected chi connectivity index (χ1v) is 11.6. The van der Waals surface area contributed by atoms with Crippen molar-refractivity contribution in [2.45, 2.75) is 16.9 Å². The molecule has 0 radical (unpaired) electrons. The van der Waals surface area contributed by atoms with Crippen molar-refractivity contribution in [3.8, 4) is 0 Å². The molecule has 0 spiro atoms. The number of halogens is 2. The van der Waals surface area contributed by atoms with Gasteiger partial charge in [0.05, 0.1) is 10.7 Å². The molecule has 4 rings (SSSR count). The first-order chi connectivity index (χ1) is 13.9. The monoisotopic (exact) mass is 506 g/mol. The normalized spacial score (nSPS) is 19.7. The number of hydrogen-bond donors (Lipinski definition) is 1. The van der Waals surface area contributed by atoms with Crippen molar-refractivity contribution >= 4 is 56.5 Å². The molecule has 1 atom stereocenters. The van der Waals surface area contributed by atoms with E-state index in [0.717, 1.165) is 10.5 Å². The van der Waals surface area contributed by atoms with Crippen LogP contribution in [0.3, 0.4) is 0 Å². The van der Waals surface area contributed by atoms with Crippen LogP contribution in [0.1, 0.15) is 17.7 Å². The summed E-state index contributed by atoms with van der Waals surface area (Å²) in [5.41, 5.74) is 0.710. The van der Waals surface area contributed by atoms with Crippen molar-refractivity contribution in [2.75, 3.05) is 7.05 Å². The molecular weight excluding hydrogens is 492 g/mol. The van der Waals surface area contributed by atoms with Crippen LogP contribution in [0, 0.1) is 0 Å². The number of thioether (sulfide) groups is 1. The molecule has 3 aromatic rings. The lowest BCUT2D eigenvalue weighted by molar-refractivity contribution is -0.131. The highest BCUT2D eigenvalue weighted by atomic mass is 79.9. The molecule has 148 valence electrons. The second-order valence-corrected chi connectivity index (χ2v) is 9.62. The fraction of sp³-hybridized carbons (Fsp3) is 0.143. The van der Waals surface area contributed by atoms with Gasteiger partial charge in [0.2, 0.25) is 0 Å². The quantitative estimate of drug-likeness (QED) is 0.426. The molecule has 8 heteroatoms. The number of rotatable bonds is 4. The SMILES string of the molecule is CN1C(=O)C(Sc2ccccc2Cl)=C(O)CC1(c1ccsc1)c1cccc(Br)n1. The highest BCUT2D eigenvalue weighted by Gasteiger charge is 2.48. The van der Waals surface area contributed by atoms with Gasteiger partial charge in [-0.1, -0.05) is 41.6 Å². The first kappa shape index (κ1) is 20.5. The second kappa shape index (κ2) is 8.14. The molecule has 0 saturated carbocycles. The highest BCUT2D eigenvalue weighted by molar-refractivity contribution is 9.10. The summed E-state index contributed by atoms with van der Waals surface area (Å²) in [5, 5.41) is 15.5. The number of hydrogen-bond acceptors (Lipinski definition) is 5. The van der Waals surface area contributed by atoms with E-state index in [1.54, 1.807) is 29.4 Å². The number of aliphatic hydroxyl groups excluding tert-OH is 1. The highest BCUT2D eigenvalue weighted by Crippen LogP contribution is 2.48. The summed E-state index contributed by atoms with van der Waals surface area (Å²) < 4.78 is 0.671. The van der Waals surface area contributed by atoms with Gasteiger partial charge in [0.25, 0.3) is 5.91 Å². The largest absolute Gasteiger partial charge is 0.511 e. The Balaban J connectivity index is 1.85. The summed E-state index contributed by atoms with van der Waals surface area (Å²) in [6, 6.07) is 14.8. The summed E-state index contributed by atoms with van der Waals surface area (Å²) in [4.78, 5) is 20.7. The van der Waals surface area contributed by atoms with E-state index in [0.29, 0.717) is 15.3 Å². The molecule has 2 aromatic heterocycles. The van der Waals surface area contributed by atoms with Crippen molar-refractivity contribution in [2.24, 2.45) is 0 Å². The fourth-order valence-corrected chi connectivity index (χ4v) is 5.74. The predicted molar refractivity (Wildman–Crippen MR) is 121 cm³/mol. The number of likely N-dealkylation sites (N-methyl/N-ethyl adjacent to an activating group) is 1. The molecule has 3 heterocycles. The lowest BCUT2D eigenvalue weighted by atomic mass is 9.80. The van der Waals surface area contributed by atoms with Gasteiger partial charge in [-0.15, -0.1) is 0 Å². The van der Waals surface area contributed by atoms with E-state index in [-0.39, 0.29) is 23.0 Å². The maximum atomic E-state index is 13.4. The third-order valence-electron chi connectivity index (χ3n) is 4.94. The van der Waals surface area contributed by atoms with Crippen LogP contribution in [0.2, 0.25) is 5.02 Å². The minimum absolute atomic E-state index is 0.0333. The summed E-state index contributed by atoms with van der Waals surface area (Å²) in [6.07, 6.45) is 0.224. The summed E-state index contributed by atoms with van der Waals surface area (Å²) in [7, 11) is 1.75. The van der Waals surface area contributed by atoms with Gasteiger partial charge in [-0.05, 0) is 62.6 Å². The van der Waals surface area contributed by atoms with Crippen molar-refractivity contribution < 1.29 is 9.90 Å². The third kappa shape index (κ3) is 3.61. The van der Waals surface area contributed by atoms with E-state index in [4.69, 9.17) is 11.6 Å². The van der Waals surface area contributed by atoms with Gasteiger partial charge >= 0.3 is 0 Å². The van der Waals surface area contributed by atoms with Crippen LogP contribution in [0.25, 0.3) is 0 Å². The molecule has 1 N–H and O–H groups in total. The van der Waals surface area contributed by atoms with Gasteiger partial charge < -0.3 is 10.0 Å². The van der Waals surface area contributed by atoms with Gasteiger partial charge in [-0.3, -0.25) is 4.79 Å². The van der Waals surface area contributed by atoms with Crippen LogP contribution in [-0.4, -0.2) is 27.9 Å². The average Bonchev–Trinajstić information content (AvgIpc) is 3.24. The van der Waals surface area contributed by atoms with E-state index in [9.17, 15) is 9.90 Å². The molecule has 1 amide bonds. The maximum absolute atomic E-state index is 13.4. The molecule has 4 nitrogen and oxygen atoms in total. The van der Waals surface area contributed by atoms with Gasteiger partial charge in [-0.25, -0.2) is 4.98 Å². The van der Waals surface area contributed by atoms with Crippen LogP contribution < -0.4 is 0 Å². The maximum Gasteiger partial charge on any atom is 0.264 e. The predicted octanol–water partition coefficient (Wildman–Crippen LogP) is 6.23. The fourth-order valence-electron chi connectivity index (χ4n) is 3.47. The Kier molecular flexibility index (Phi) is 5.75. The Hall–Kier alpha value is -1.80. The molecule has 1 aliphatic heterocycles. The molecular formula is C21H16BrClN2O2S2. The van der Waals surface area contributed by atoms with Crippen molar-refractivity contribution in [3.05, 3.63) is 90.8 Å². The average molecular weight is 508 g/mol. The lowest BCUT2D eigenvalue weighted by Gasteiger charge is -2.44. The minimum Gasteiger partial charge on any atom is -0.511 e. The Bertz CT molecular complexity index is 1100. The number of carbonyl (C=O) groups excluding carboxylic acids is 1. The molecule has 29 heavy (non-hydrogen) atoms. The zero-order valence-corrected chi connectivity index (χ0v) is 19.3. The van der Waals surface area contributed by atoms with Crippen LogP contribution in [-0.2, 0) is 10.3 Å². The zero-order chi connectivity index (χ0) is 20.6. The van der Waals surface area contributed by atoms with Crippen LogP contribution in [0.4, 0.5) is 0 Å². The van der Waals surface area contributed by atoms with Crippen molar-refractivity contribution in [1.82, 2.24) is 9.88 Å². The van der Waals surface area contributed by atoms with Gasteiger partial charge in [0.1, 0.15) is 20.8 Å². The van der Waals surface area contributed by atoms with Crippen LogP contribution in [0.15, 0.2) is 79.5 Å². The Morgan fingerprint density at radius 3 is 2.72 bits per heavy atom. The molecule has 0 aliphatic carbocycles. The number of aromatic nitrogens is 1. The molecule has 0 fully saturated rings. The summed E-state index contributed by atoms with van der Waals surface area (Å²) >= 11 is 12.4. The van der Waals surface area contributed by atoms with E-state index < -0.39 is 5.54 Å². The number of thiophene rings is 1. The Morgan fingerprint density at radius 1 is 1.24 bits per heavy atom. The van der Waals surface area contributed by atoms with Gasteiger partial charge in [-0.2, -0.15) is 11.3 Å². The number of aliphatic hydroxyl groups is 1. The smallest absolute Gasteiger partial charge is 0.264 e. The summed E-state index contributed by atoms with van der Waals surface area (Å²) in [5.74, 6) is -0.238. The van der Waals surface area contributed by atoms with E-state index in [2.05, 4.69) is 20.9 Å². The molecule has 1 aliphatic rings. The Labute approximate surface area is 190 Å².